The molecule has 1 aromatic carbocycles. The molecule has 0 radical (unpaired) electrons. The Labute approximate surface area is 105 Å². The van der Waals surface area contributed by atoms with E-state index >= 15 is 0 Å². The minimum absolute atomic E-state index is 0.483. The Morgan fingerprint density at radius 3 is 2.41 bits per heavy atom. The van der Waals surface area contributed by atoms with Gasteiger partial charge in [-0.1, -0.05) is 30.3 Å². The van der Waals surface area contributed by atoms with E-state index in [-0.39, 0.29) is 0 Å². The van der Waals surface area contributed by atoms with E-state index < -0.39 is 0 Å². The molecule has 1 unspecified atom stereocenters. The maximum absolute atomic E-state index is 3.65. The van der Waals surface area contributed by atoms with Crippen molar-refractivity contribution in [2.75, 3.05) is 13.6 Å². The fourth-order valence-electron chi connectivity index (χ4n) is 2.10. The average molecular weight is 232 g/mol. The maximum Gasteiger partial charge on any atom is 0.0472 e. The lowest BCUT2D eigenvalue weighted by molar-refractivity contribution is 0.191. The number of nitrogens with one attached hydrogen (secondary N) is 1. The summed E-state index contributed by atoms with van der Waals surface area (Å²) >= 11 is 0. The van der Waals surface area contributed by atoms with Crippen LogP contribution in [0.4, 0.5) is 0 Å². The smallest absolute Gasteiger partial charge is 0.0472 e. The monoisotopic (exact) mass is 232 g/mol. The molecule has 2 nitrogen and oxygen atoms in total. The van der Waals surface area contributed by atoms with Crippen LogP contribution in [0.25, 0.3) is 0 Å². The number of likely N-dealkylation sites (N-methyl/N-ethyl adjacent to an activating group) is 1. The van der Waals surface area contributed by atoms with Crippen LogP contribution in [0.3, 0.4) is 0 Å². The number of rotatable bonds is 6. The van der Waals surface area contributed by atoms with Crippen molar-refractivity contribution >= 4 is 0 Å². The lowest BCUT2D eigenvalue weighted by atomic mass is 10.0. The lowest BCUT2D eigenvalue weighted by Gasteiger charge is -2.32. The highest BCUT2D eigenvalue weighted by atomic mass is 15.2. The molecule has 1 aromatic rings. The highest BCUT2D eigenvalue weighted by molar-refractivity contribution is 5.19. The Kier molecular flexibility index (Phi) is 4.19. The minimum atomic E-state index is 0.483. The molecule has 0 amide bonds. The fraction of sp³-hybridized carbons (Fsp3) is 0.600. The maximum atomic E-state index is 3.65. The molecule has 2 heteroatoms. The molecule has 94 valence electrons. The second-order valence-corrected chi connectivity index (χ2v) is 5.37. The minimum Gasteiger partial charge on any atom is -0.312 e. The summed E-state index contributed by atoms with van der Waals surface area (Å²) in [5.41, 5.74) is 1.41. The Morgan fingerprint density at radius 1 is 1.24 bits per heavy atom. The molecule has 1 fully saturated rings. The average Bonchev–Trinajstić information content (AvgIpc) is 3.14. The van der Waals surface area contributed by atoms with Crippen molar-refractivity contribution < 1.29 is 0 Å². The second-order valence-electron chi connectivity index (χ2n) is 5.37. The summed E-state index contributed by atoms with van der Waals surface area (Å²) in [5.74, 6) is 0. The van der Waals surface area contributed by atoms with Crippen LogP contribution < -0.4 is 5.32 Å². The molecule has 0 spiro atoms. The van der Waals surface area contributed by atoms with Gasteiger partial charge < -0.3 is 5.32 Å². The van der Waals surface area contributed by atoms with Crippen molar-refractivity contribution in [2.24, 2.45) is 0 Å². The second kappa shape index (κ2) is 5.65. The molecular weight excluding hydrogens is 208 g/mol. The van der Waals surface area contributed by atoms with Crippen molar-refractivity contribution in [2.45, 2.75) is 44.8 Å². The molecule has 0 heterocycles. The predicted octanol–water partition coefficient (Wildman–Crippen LogP) is 2.82. The molecule has 1 aliphatic rings. The third-order valence-electron chi connectivity index (χ3n) is 3.67. The Morgan fingerprint density at radius 2 is 1.88 bits per heavy atom. The molecule has 0 saturated heterocycles. The Hall–Kier alpha value is -0.860. The van der Waals surface area contributed by atoms with Crippen LogP contribution in [0.1, 0.15) is 38.3 Å². The third-order valence-corrected chi connectivity index (χ3v) is 3.67. The van der Waals surface area contributed by atoms with Gasteiger partial charge in [-0.2, -0.15) is 0 Å². The van der Waals surface area contributed by atoms with Crippen LogP contribution in [0.5, 0.6) is 0 Å². The first-order valence-corrected chi connectivity index (χ1v) is 6.68. The van der Waals surface area contributed by atoms with E-state index in [0.717, 1.165) is 12.6 Å². The van der Waals surface area contributed by atoms with Gasteiger partial charge in [-0.15, -0.1) is 0 Å². The zero-order valence-corrected chi connectivity index (χ0v) is 11.2. The summed E-state index contributed by atoms with van der Waals surface area (Å²) in [5, 5.41) is 3.65. The summed E-state index contributed by atoms with van der Waals surface area (Å²) < 4.78 is 0. The standard InChI is InChI=1S/C15H24N2/c1-12(2)17(3)15(11-16-14-9-10-14)13-7-5-4-6-8-13/h4-8,12,14-16H,9-11H2,1-3H3. The highest BCUT2D eigenvalue weighted by Crippen LogP contribution is 2.24. The first kappa shape index (κ1) is 12.6. The Balaban J connectivity index is 2.05. The van der Waals surface area contributed by atoms with Crippen LogP contribution in [0.2, 0.25) is 0 Å². The first-order chi connectivity index (χ1) is 8.18. The SMILES string of the molecule is CC(C)N(C)C(CNC1CC1)c1ccccc1. The number of hydrogen-bond acceptors (Lipinski definition) is 2. The van der Waals surface area contributed by atoms with Gasteiger partial charge in [-0.05, 0) is 39.3 Å². The molecule has 17 heavy (non-hydrogen) atoms. The summed E-state index contributed by atoms with van der Waals surface area (Å²) in [6.07, 6.45) is 2.71. The lowest BCUT2D eigenvalue weighted by Crippen LogP contribution is -2.38. The van der Waals surface area contributed by atoms with Gasteiger partial charge >= 0.3 is 0 Å². The van der Waals surface area contributed by atoms with Gasteiger partial charge in [0.1, 0.15) is 0 Å². The normalized spacial score (nSPS) is 17.7. The summed E-state index contributed by atoms with van der Waals surface area (Å²) in [6, 6.07) is 12.7. The molecule has 1 atom stereocenters. The first-order valence-electron chi connectivity index (χ1n) is 6.68. The highest BCUT2D eigenvalue weighted by Gasteiger charge is 2.24. The van der Waals surface area contributed by atoms with Gasteiger partial charge in [0.2, 0.25) is 0 Å². The van der Waals surface area contributed by atoms with Crippen molar-refractivity contribution in [1.29, 1.82) is 0 Å². The van der Waals surface area contributed by atoms with Crippen LogP contribution in [-0.4, -0.2) is 30.6 Å². The van der Waals surface area contributed by atoms with Crippen molar-refractivity contribution in [3.8, 4) is 0 Å². The molecule has 1 N–H and O–H groups in total. The zero-order valence-electron chi connectivity index (χ0n) is 11.2. The summed E-state index contributed by atoms with van der Waals surface area (Å²) in [4.78, 5) is 2.45. The molecule has 0 bridgehead atoms. The van der Waals surface area contributed by atoms with Crippen LogP contribution in [0, 0.1) is 0 Å². The molecule has 0 aromatic heterocycles. The quantitative estimate of drug-likeness (QED) is 0.811. The van der Waals surface area contributed by atoms with Crippen LogP contribution in [-0.2, 0) is 0 Å². The Bertz CT molecular complexity index is 330. The van der Waals surface area contributed by atoms with Gasteiger partial charge in [0.15, 0.2) is 0 Å². The molecule has 2 rings (SSSR count). The van der Waals surface area contributed by atoms with Gasteiger partial charge in [-0.3, -0.25) is 4.90 Å². The third kappa shape index (κ3) is 3.55. The summed E-state index contributed by atoms with van der Waals surface area (Å²) in [7, 11) is 2.22. The fourth-order valence-corrected chi connectivity index (χ4v) is 2.10. The number of benzene rings is 1. The van der Waals surface area contributed by atoms with Crippen molar-refractivity contribution in [3.63, 3.8) is 0 Å². The summed E-state index contributed by atoms with van der Waals surface area (Å²) in [6.45, 7) is 5.57. The predicted molar refractivity (Wildman–Crippen MR) is 73.1 cm³/mol. The van der Waals surface area contributed by atoms with Crippen molar-refractivity contribution in [3.05, 3.63) is 35.9 Å². The van der Waals surface area contributed by atoms with Gasteiger partial charge in [0.05, 0.1) is 0 Å². The van der Waals surface area contributed by atoms with E-state index in [1.165, 1.54) is 18.4 Å². The molecule has 1 aliphatic carbocycles. The van der Waals surface area contributed by atoms with E-state index in [1.54, 1.807) is 0 Å². The van der Waals surface area contributed by atoms with Crippen molar-refractivity contribution in [1.82, 2.24) is 10.2 Å². The topological polar surface area (TPSA) is 15.3 Å². The molecule has 1 saturated carbocycles. The van der Waals surface area contributed by atoms with E-state index in [4.69, 9.17) is 0 Å². The molecule has 0 aliphatic heterocycles. The van der Waals surface area contributed by atoms with Crippen LogP contribution >= 0.6 is 0 Å². The number of nitrogens with zero attached hydrogens (tertiary/aromatic N) is 1. The molecular formula is C15H24N2. The van der Waals surface area contributed by atoms with Crippen LogP contribution in [0.15, 0.2) is 30.3 Å². The van der Waals surface area contributed by atoms with Gasteiger partial charge in [-0.25, -0.2) is 0 Å². The number of hydrogen-bond donors (Lipinski definition) is 1. The largest absolute Gasteiger partial charge is 0.312 e. The zero-order chi connectivity index (χ0) is 12.3. The van der Waals surface area contributed by atoms with Gasteiger partial charge in [0, 0.05) is 24.7 Å². The van der Waals surface area contributed by atoms with E-state index in [0.29, 0.717) is 12.1 Å². The van der Waals surface area contributed by atoms with Gasteiger partial charge in [0.25, 0.3) is 0 Å². The van der Waals surface area contributed by atoms with E-state index in [2.05, 4.69) is 61.4 Å². The van der Waals surface area contributed by atoms with E-state index in [1.807, 2.05) is 0 Å². The van der Waals surface area contributed by atoms with E-state index in [9.17, 15) is 0 Å².